The number of nitrogens with zero attached hydrogens (tertiary/aromatic N) is 3. The van der Waals surface area contributed by atoms with Crippen molar-refractivity contribution in [1.29, 1.82) is 5.26 Å². The van der Waals surface area contributed by atoms with Gasteiger partial charge in [-0.3, -0.25) is 0 Å². The van der Waals surface area contributed by atoms with E-state index in [1.54, 1.807) is 4.90 Å². The second-order valence-electron chi connectivity index (χ2n) is 3.91. The standard InChI is InChI=1S/C12H14F3N3O/c1-2-3-18(4-5-19)11-6-10(12(13,14)15)9(7-16)8-17-11/h6,8,19H,2-5H2,1H3. The molecular weight excluding hydrogens is 259 g/mol. The zero-order chi connectivity index (χ0) is 14.5. The lowest BCUT2D eigenvalue weighted by atomic mass is 10.1. The van der Waals surface area contributed by atoms with Crippen LogP contribution >= 0.6 is 0 Å². The average Bonchev–Trinajstić information content (AvgIpc) is 2.37. The molecule has 19 heavy (non-hydrogen) atoms. The summed E-state index contributed by atoms with van der Waals surface area (Å²) in [6.07, 6.45) is -2.97. The van der Waals surface area contributed by atoms with Crippen LogP contribution in [-0.4, -0.2) is 29.8 Å². The summed E-state index contributed by atoms with van der Waals surface area (Å²) in [6.45, 7) is 2.38. The van der Waals surface area contributed by atoms with Gasteiger partial charge in [0.05, 0.1) is 17.7 Å². The van der Waals surface area contributed by atoms with E-state index >= 15 is 0 Å². The molecule has 0 bridgehead atoms. The van der Waals surface area contributed by atoms with E-state index in [1.807, 2.05) is 6.92 Å². The molecule has 1 N–H and O–H groups in total. The van der Waals surface area contributed by atoms with E-state index in [1.165, 1.54) is 6.07 Å². The van der Waals surface area contributed by atoms with E-state index in [4.69, 9.17) is 10.4 Å². The van der Waals surface area contributed by atoms with E-state index in [0.717, 1.165) is 12.3 Å². The molecular formula is C12H14F3N3O. The Balaban J connectivity index is 3.20. The van der Waals surface area contributed by atoms with Gasteiger partial charge in [0.1, 0.15) is 11.9 Å². The molecule has 1 heterocycles. The minimum Gasteiger partial charge on any atom is -0.395 e. The fourth-order valence-corrected chi connectivity index (χ4v) is 1.67. The van der Waals surface area contributed by atoms with Gasteiger partial charge in [-0.05, 0) is 12.5 Å². The molecule has 0 atom stereocenters. The van der Waals surface area contributed by atoms with Gasteiger partial charge in [-0.15, -0.1) is 0 Å². The molecule has 104 valence electrons. The zero-order valence-corrected chi connectivity index (χ0v) is 10.4. The van der Waals surface area contributed by atoms with Crippen molar-refractivity contribution in [2.24, 2.45) is 0 Å². The van der Waals surface area contributed by atoms with Gasteiger partial charge in [0, 0.05) is 19.3 Å². The van der Waals surface area contributed by atoms with Crippen LogP contribution in [0.3, 0.4) is 0 Å². The highest BCUT2D eigenvalue weighted by Gasteiger charge is 2.34. The first-order chi connectivity index (χ1) is 8.93. The third-order valence-corrected chi connectivity index (χ3v) is 2.50. The number of aliphatic hydroxyl groups is 1. The van der Waals surface area contributed by atoms with Crippen LogP contribution in [0.4, 0.5) is 19.0 Å². The van der Waals surface area contributed by atoms with Gasteiger partial charge in [0.2, 0.25) is 0 Å². The summed E-state index contributed by atoms with van der Waals surface area (Å²) in [5.74, 6) is 0.113. The fraction of sp³-hybridized carbons (Fsp3) is 0.500. The van der Waals surface area contributed by atoms with Crippen molar-refractivity contribution in [3.63, 3.8) is 0 Å². The third-order valence-electron chi connectivity index (χ3n) is 2.50. The van der Waals surface area contributed by atoms with E-state index in [2.05, 4.69) is 4.98 Å². The number of nitriles is 1. The van der Waals surface area contributed by atoms with E-state index in [9.17, 15) is 13.2 Å². The molecule has 0 spiro atoms. The Bertz CT molecular complexity index is 462. The van der Waals surface area contributed by atoms with Gasteiger partial charge >= 0.3 is 6.18 Å². The number of aromatic nitrogens is 1. The molecule has 0 aliphatic heterocycles. The summed E-state index contributed by atoms with van der Waals surface area (Å²) < 4.78 is 38.4. The number of hydrogen-bond donors (Lipinski definition) is 1. The highest BCUT2D eigenvalue weighted by atomic mass is 19.4. The van der Waals surface area contributed by atoms with Gasteiger partial charge in [-0.1, -0.05) is 6.92 Å². The average molecular weight is 273 g/mol. The molecule has 0 fully saturated rings. The molecule has 0 saturated carbocycles. The molecule has 0 radical (unpaired) electrons. The molecule has 0 unspecified atom stereocenters. The van der Waals surface area contributed by atoms with Crippen LogP contribution in [0.15, 0.2) is 12.3 Å². The molecule has 1 aromatic rings. The van der Waals surface area contributed by atoms with Crippen LogP contribution in [0.1, 0.15) is 24.5 Å². The number of pyridine rings is 1. The molecule has 0 aromatic carbocycles. The minimum atomic E-state index is -4.60. The predicted molar refractivity (Wildman–Crippen MR) is 63.5 cm³/mol. The zero-order valence-electron chi connectivity index (χ0n) is 10.4. The van der Waals surface area contributed by atoms with Crippen molar-refractivity contribution in [1.82, 2.24) is 4.98 Å². The molecule has 0 aliphatic carbocycles. The van der Waals surface area contributed by atoms with Crippen LogP contribution in [0.5, 0.6) is 0 Å². The van der Waals surface area contributed by atoms with Crippen LogP contribution in [0, 0.1) is 11.3 Å². The number of aliphatic hydroxyl groups excluding tert-OH is 1. The number of halogens is 3. The quantitative estimate of drug-likeness (QED) is 0.893. The maximum absolute atomic E-state index is 12.8. The monoisotopic (exact) mass is 273 g/mol. The van der Waals surface area contributed by atoms with Gasteiger partial charge in [0.15, 0.2) is 0 Å². The normalized spacial score (nSPS) is 11.2. The first kappa shape index (κ1) is 15.2. The summed E-state index contributed by atoms with van der Waals surface area (Å²) in [7, 11) is 0. The largest absolute Gasteiger partial charge is 0.417 e. The van der Waals surface area contributed by atoms with E-state index < -0.39 is 17.3 Å². The van der Waals surface area contributed by atoms with Crippen molar-refractivity contribution >= 4 is 5.82 Å². The highest BCUT2D eigenvalue weighted by Crippen LogP contribution is 2.33. The Labute approximate surface area is 109 Å². The van der Waals surface area contributed by atoms with Crippen molar-refractivity contribution in [2.75, 3.05) is 24.6 Å². The van der Waals surface area contributed by atoms with E-state index in [-0.39, 0.29) is 19.0 Å². The minimum absolute atomic E-state index is 0.113. The molecule has 0 aliphatic rings. The number of rotatable bonds is 5. The lowest BCUT2D eigenvalue weighted by Crippen LogP contribution is -2.28. The summed E-state index contributed by atoms with van der Waals surface area (Å²) in [5, 5.41) is 17.6. The Morgan fingerprint density at radius 2 is 2.11 bits per heavy atom. The maximum atomic E-state index is 12.8. The number of alkyl halides is 3. The Hall–Kier alpha value is -1.81. The maximum Gasteiger partial charge on any atom is 0.417 e. The lowest BCUT2D eigenvalue weighted by Gasteiger charge is -2.23. The lowest BCUT2D eigenvalue weighted by molar-refractivity contribution is -0.137. The van der Waals surface area contributed by atoms with Crippen molar-refractivity contribution < 1.29 is 18.3 Å². The molecule has 7 heteroatoms. The second kappa shape index (κ2) is 6.38. The van der Waals surface area contributed by atoms with Crippen molar-refractivity contribution in [2.45, 2.75) is 19.5 Å². The first-order valence-electron chi connectivity index (χ1n) is 5.77. The first-order valence-corrected chi connectivity index (χ1v) is 5.77. The Kier molecular flexibility index (Phi) is 5.12. The molecule has 1 rings (SSSR count). The van der Waals surface area contributed by atoms with Crippen LogP contribution in [-0.2, 0) is 6.18 Å². The smallest absolute Gasteiger partial charge is 0.395 e. The molecule has 1 aromatic heterocycles. The van der Waals surface area contributed by atoms with Gasteiger partial charge in [-0.25, -0.2) is 4.98 Å². The topological polar surface area (TPSA) is 60.1 Å². The Morgan fingerprint density at radius 3 is 2.58 bits per heavy atom. The summed E-state index contributed by atoms with van der Waals surface area (Å²) in [6, 6.07) is 2.33. The molecule has 0 amide bonds. The second-order valence-corrected chi connectivity index (χ2v) is 3.91. The molecule has 4 nitrogen and oxygen atoms in total. The number of anilines is 1. The number of hydrogen-bond acceptors (Lipinski definition) is 4. The molecule has 0 saturated heterocycles. The third kappa shape index (κ3) is 3.83. The highest BCUT2D eigenvalue weighted by molar-refractivity contribution is 5.48. The van der Waals surface area contributed by atoms with Crippen LogP contribution in [0.2, 0.25) is 0 Å². The fourth-order valence-electron chi connectivity index (χ4n) is 1.67. The van der Waals surface area contributed by atoms with Crippen LogP contribution in [0.25, 0.3) is 0 Å². The van der Waals surface area contributed by atoms with Crippen molar-refractivity contribution in [3.8, 4) is 6.07 Å². The van der Waals surface area contributed by atoms with Gasteiger partial charge in [-0.2, -0.15) is 18.4 Å². The van der Waals surface area contributed by atoms with Crippen LogP contribution < -0.4 is 4.90 Å². The Morgan fingerprint density at radius 1 is 1.42 bits per heavy atom. The predicted octanol–water partition coefficient (Wildman–Crippen LogP) is 2.18. The van der Waals surface area contributed by atoms with Gasteiger partial charge in [0.25, 0.3) is 0 Å². The SMILES string of the molecule is CCCN(CCO)c1cc(C(F)(F)F)c(C#N)cn1. The van der Waals surface area contributed by atoms with Gasteiger partial charge < -0.3 is 10.0 Å². The summed E-state index contributed by atoms with van der Waals surface area (Å²) in [5.41, 5.74) is -1.50. The van der Waals surface area contributed by atoms with E-state index in [0.29, 0.717) is 13.0 Å². The summed E-state index contributed by atoms with van der Waals surface area (Å²) >= 11 is 0. The van der Waals surface area contributed by atoms with Crippen molar-refractivity contribution in [3.05, 3.63) is 23.4 Å². The summed E-state index contributed by atoms with van der Waals surface area (Å²) in [4.78, 5) is 5.41.